The SMILES string of the molecule is Cc1ccc(C)c(C(=O)Nc2ccc(C(=O)N(C)C)cc2)c1. The summed E-state index contributed by atoms with van der Waals surface area (Å²) < 4.78 is 0. The molecule has 0 atom stereocenters. The molecule has 4 heteroatoms. The number of carbonyl (C=O) groups is 2. The van der Waals surface area contributed by atoms with Gasteiger partial charge in [0.2, 0.25) is 0 Å². The summed E-state index contributed by atoms with van der Waals surface area (Å²) in [6, 6.07) is 12.7. The number of carbonyl (C=O) groups excluding carboxylic acids is 2. The summed E-state index contributed by atoms with van der Waals surface area (Å²) in [6.45, 7) is 3.87. The average Bonchev–Trinajstić information content (AvgIpc) is 2.49. The van der Waals surface area contributed by atoms with Crippen molar-refractivity contribution in [1.82, 2.24) is 4.90 Å². The summed E-state index contributed by atoms with van der Waals surface area (Å²) in [4.78, 5) is 25.7. The first-order valence-electron chi connectivity index (χ1n) is 7.09. The normalized spacial score (nSPS) is 10.2. The van der Waals surface area contributed by atoms with Gasteiger partial charge in [-0.2, -0.15) is 0 Å². The lowest BCUT2D eigenvalue weighted by Crippen LogP contribution is -2.21. The maximum Gasteiger partial charge on any atom is 0.255 e. The summed E-state index contributed by atoms with van der Waals surface area (Å²) in [7, 11) is 3.41. The first-order valence-corrected chi connectivity index (χ1v) is 7.09. The van der Waals surface area contributed by atoms with Gasteiger partial charge in [-0.1, -0.05) is 17.7 Å². The minimum Gasteiger partial charge on any atom is -0.345 e. The van der Waals surface area contributed by atoms with E-state index in [-0.39, 0.29) is 11.8 Å². The van der Waals surface area contributed by atoms with E-state index in [0.29, 0.717) is 16.8 Å². The lowest BCUT2D eigenvalue weighted by Gasteiger charge is -2.11. The van der Waals surface area contributed by atoms with Crippen LogP contribution in [0, 0.1) is 13.8 Å². The van der Waals surface area contributed by atoms with Gasteiger partial charge in [0.15, 0.2) is 0 Å². The lowest BCUT2D eigenvalue weighted by atomic mass is 10.0. The Kier molecular flexibility index (Phi) is 4.61. The monoisotopic (exact) mass is 296 g/mol. The van der Waals surface area contributed by atoms with Crippen LogP contribution >= 0.6 is 0 Å². The standard InChI is InChI=1S/C18H20N2O2/c1-12-5-6-13(2)16(11-12)17(21)19-15-9-7-14(8-10-15)18(22)20(3)4/h5-11H,1-4H3,(H,19,21). The van der Waals surface area contributed by atoms with E-state index in [1.54, 1.807) is 38.4 Å². The third-order valence-electron chi connectivity index (χ3n) is 3.43. The number of nitrogens with one attached hydrogen (secondary N) is 1. The van der Waals surface area contributed by atoms with E-state index in [2.05, 4.69) is 5.32 Å². The van der Waals surface area contributed by atoms with E-state index >= 15 is 0 Å². The van der Waals surface area contributed by atoms with E-state index in [9.17, 15) is 9.59 Å². The van der Waals surface area contributed by atoms with E-state index in [1.165, 1.54) is 4.90 Å². The van der Waals surface area contributed by atoms with Crippen LogP contribution in [-0.2, 0) is 0 Å². The lowest BCUT2D eigenvalue weighted by molar-refractivity contribution is 0.0827. The molecular formula is C18H20N2O2. The van der Waals surface area contributed by atoms with E-state index in [0.717, 1.165) is 11.1 Å². The molecule has 0 aliphatic carbocycles. The molecule has 22 heavy (non-hydrogen) atoms. The number of benzene rings is 2. The first-order chi connectivity index (χ1) is 10.4. The zero-order valence-corrected chi connectivity index (χ0v) is 13.3. The summed E-state index contributed by atoms with van der Waals surface area (Å²) in [6.07, 6.45) is 0. The van der Waals surface area contributed by atoms with E-state index < -0.39 is 0 Å². The fraction of sp³-hybridized carbons (Fsp3) is 0.222. The Morgan fingerprint density at radius 1 is 0.955 bits per heavy atom. The van der Waals surface area contributed by atoms with Crippen LogP contribution in [0.2, 0.25) is 0 Å². The number of amides is 2. The number of nitrogens with zero attached hydrogens (tertiary/aromatic N) is 1. The second-order valence-corrected chi connectivity index (χ2v) is 5.55. The van der Waals surface area contributed by atoms with Crippen molar-refractivity contribution in [3.8, 4) is 0 Å². The molecule has 0 heterocycles. The Morgan fingerprint density at radius 3 is 2.18 bits per heavy atom. The van der Waals surface area contributed by atoms with Crippen molar-refractivity contribution in [3.63, 3.8) is 0 Å². The Morgan fingerprint density at radius 2 is 1.59 bits per heavy atom. The van der Waals surface area contributed by atoms with Gasteiger partial charge in [-0.25, -0.2) is 0 Å². The maximum absolute atomic E-state index is 12.3. The van der Waals surface area contributed by atoms with Gasteiger partial charge < -0.3 is 10.2 Å². The molecule has 0 fully saturated rings. The highest BCUT2D eigenvalue weighted by atomic mass is 16.2. The summed E-state index contributed by atoms with van der Waals surface area (Å²) >= 11 is 0. The number of anilines is 1. The highest BCUT2D eigenvalue weighted by Gasteiger charge is 2.11. The van der Waals surface area contributed by atoms with Crippen LogP contribution in [0.15, 0.2) is 42.5 Å². The van der Waals surface area contributed by atoms with Gasteiger partial charge in [0, 0.05) is 30.9 Å². The quantitative estimate of drug-likeness (QED) is 0.945. The molecule has 0 unspecified atom stereocenters. The van der Waals surface area contributed by atoms with Crippen molar-refractivity contribution in [2.24, 2.45) is 0 Å². The van der Waals surface area contributed by atoms with Crippen LogP contribution in [0.1, 0.15) is 31.8 Å². The summed E-state index contributed by atoms with van der Waals surface area (Å²) in [5, 5.41) is 2.86. The molecule has 0 aliphatic rings. The van der Waals surface area contributed by atoms with Gasteiger partial charge in [-0.3, -0.25) is 9.59 Å². The Bertz CT molecular complexity index is 704. The average molecular weight is 296 g/mol. The Labute approximate surface area is 130 Å². The predicted molar refractivity (Wildman–Crippen MR) is 88.3 cm³/mol. The molecule has 114 valence electrons. The van der Waals surface area contributed by atoms with Gasteiger partial charge in [0.1, 0.15) is 0 Å². The minimum absolute atomic E-state index is 0.0626. The van der Waals surface area contributed by atoms with Crippen molar-refractivity contribution in [1.29, 1.82) is 0 Å². The van der Waals surface area contributed by atoms with Crippen molar-refractivity contribution >= 4 is 17.5 Å². The first kappa shape index (κ1) is 15.8. The molecule has 2 aromatic rings. The van der Waals surface area contributed by atoms with Gasteiger partial charge >= 0.3 is 0 Å². The fourth-order valence-corrected chi connectivity index (χ4v) is 2.13. The molecule has 0 radical (unpaired) electrons. The number of hydrogen-bond donors (Lipinski definition) is 1. The van der Waals surface area contributed by atoms with Crippen LogP contribution in [-0.4, -0.2) is 30.8 Å². The minimum atomic E-state index is -0.145. The van der Waals surface area contributed by atoms with E-state index in [1.807, 2.05) is 32.0 Å². The number of aryl methyl sites for hydroxylation is 2. The van der Waals surface area contributed by atoms with Crippen molar-refractivity contribution in [3.05, 3.63) is 64.7 Å². The van der Waals surface area contributed by atoms with Crippen LogP contribution in [0.25, 0.3) is 0 Å². The third-order valence-corrected chi connectivity index (χ3v) is 3.43. The second kappa shape index (κ2) is 6.43. The van der Waals surface area contributed by atoms with Crippen molar-refractivity contribution < 1.29 is 9.59 Å². The summed E-state index contributed by atoms with van der Waals surface area (Å²) in [5.74, 6) is -0.208. The van der Waals surface area contributed by atoms with Crippen molar-refractivity contribution in [2.75, 3.05) is 19.4 Å². The third kappa shape index (κ3) is 3.52. The number of hydrogen-bond acceptors (Lipinski definition) is 2. The van der Waals surface area contributed by atoms with Gasteiger partial charge in [0.25, 0.3) is 11.8 Å². The molecule has 2 aromatic carbocycles. The predicted octanol–water partition coefficient (Wildman–Crippen LogP) is 3.26. The highest BCUT2D eigenvalue weighted by molar-refractivity contribution is 6.05. The van der Waals surface area contributed by atoms with E-state index in [4.69, 9.17) is 0 Å². The summed E-state index contributed by atoms with van der Waals surface area (Å²) in [5.41, 5.74) is 3.90. The Hall–Kier alpha value is -2.62. The second-order valence-electron chi connectivity index (χ2n) is 5.55. The number of rotatable bonds is 3. The zero-order valence-electron chi connectivity index (χ0n) is 13.3. The maximum atomic E-state index is 12.3. The molecule has 0 spiro atoms. The zero-order chi connectivity index (χ0) is 16.3. The van der Waals surface area contributed by atoms with Crippen molar-refractivity contribution in [2.45, 2.75) is 13.8 Å². The molecule has 1 N–H and O–H groups in total. The van der Waals surface area contributed by atoms with Crippen LogP contribution in [0.4, 0.5) is 5.69 Å². The van der Waals surface area contributed by atoms with Crippen LogP contribution in [0.3, 0.4) is 0 Å². The van der Waals surface area contributed by atoms with Gasteiger partial charge in [0.05, 0.1) is 0 Å². The van der Waals surface area contributed by atoms with Gasteiger partial charge in [-0.15, -0.1) is 0 Å². The smallest absolute Gasteiger partial charge is 0.255 e. The fourth-order valence-electron chi connectivity index (χ4n) is 2.13. The molecule has 4 nitrogen and oxygen atoms in total. The largest absolute Gasteiger partial charge is 0.345 e. The molecule has 0 bridgehead atoms. The van der Waals surface area contributed by atoms with Crippen LogP contribution in [0.5, 0.6) is 0 Å². The molecule has 0 saturated heterocycles. The Balaban J connectivity index is 2.15. The topological polar surface area (TPSA) is 49.4 Å². The molecule has 0 aromatic heterocycles. The highest BCUT2D eigenvalue weighted by Crippen LogP contribution is 2.15. The van der Waals surface area contributed by atoms with Gasteiger partial charge in [-0.05, 0) is 49.7 Å². The van der Waals surface area contributed by atoms with Crippen LogP contribution < -0.4 is 5.32 Å². The molecule has 2 rings (SSSR count). The molecular weight excluding hydrogens is 276 g/mol. The molecule has 0 saturated carbocycles. The molecule has 2 amide bonds. The molecule has 0 aliphatic heterocycles.